The molecule has 0 radical (unpaired) electrons. The molecule has 1 N–H and O–H groups in total. The Kier molecular flexibility index (Phi) is 6.87. The first kappa shape index (κ1) is 21.8. The smallest absolute Gasteiger partial charge is 0.223 e. The summed E-state index contributed by atoms with van der Waals surface area (Å²) >= 11 is 5.82. The fourth-order valence-corrected chi connectivity index (χ4v) is 4.37. The van der Waals surface area contributed by atoms with E-state index in [1.807, 2.05) is 6.20 Å². The van der Waals surface area contributed by atoms with Crippen molar-refractivity contribution < 1.29 is 9.18 Å². The van der Waals surface area contributed by atoms with Crippen LogP contribution in [-0.4, -0.2) is 67.1 Å². The van der Waals surface area contributed by atoms with Gasteiger partial charge in [0.15, 0.2) is 5.82 Å². The van der Waals surface area contributed by atoms with Crippen LogP contribution >= 0.6 is 11.6 Å². The van der Waals surface area contributed by atoms with Gasteiger partial charge in [-0.05, 0) is 37.6 Å². The topological polar surface area (TPSA) is 64.6 Å². The molecule has 0 spiro atoms. The van der Waals surface area contributed by atoms with E-state index < -0.39 is 5.82 Å². The first-order valence-corrected chi connectivity index (χ1v) is 11.1. The maximum atomic E-state index is 13.3. The summed E-state index contributed by atoms with van der Waals surface area (Å²) in [7, 11) is 2.14. The monoisotopic (exact) mass is 446 g/mol. The van der Waals surface area contributed by atoms with Gasteiger partial charge >= 0.3 is 0 Å². The van der Waals surface area contributed by atoms with Crippen molar-refractivity contribution in [3.05, 3.63) is 47.1 Å². The Labute approximate surface area is 187 Å². The van der Waals surface area contributed by atoms with Crippen LogP contribution in [-0.2, 0) is 11.3 Å². The highest BCUT2D eigenvalue weighted by molar-refractivity contribution is 6.30. The highest BCUT2D eigenvalue weighted by Gasteiger charge is 2.28. The molecule has 0 bridgehead atoms. The molecule has 1 amide bonds. The minimum Gasteiger partial charge on any atom is -0.367 e. The summed E-state index contributed by atoms with van der Waals surface area (Å²) in [6.07, 6.45) is 5.04. The molecular weight excluding hydrogens is 419 g/mol. The fraction of sp³-hybridized carbons (Fsp3) is 0.500. The zero-order chi connectivity index (χ0) is 21.8. The van der Waals surface area contributed by atoms with Crippen LogP contribution < -0.4 is 15.1 Å². The molecule has 7 nitrogen and oxygen atoms in total. The van der Waals surface area contributed by atoms with Gasteiger partial charge in [-0.1, -0.05) is 17.7 Å². The van der Waals surface area contributed by atoms with Crippen LogP contribution in [0.15, 0.2) is 30.7 Å². The number of benzene rings is 1. The lowest BCUT2D eigenvalue weighted by Gasteiger charge is -2.38. The number of hydrogen-bond donors (Lipinski definition) is 1. The van der Waals surface area contributed by atoms with Gasteiger partial charge in [0.2, 0.25) is 5.91 Å². The predicted molar refractivity (Wildman–Crippen MR) is 120 cm³/mol. The van der Waals surface area contributed by atoms with E-state index in [1.54, 1.807) is 18.5 Å². The Morgan fingerprint density at radius 1 is 1.16 bits per heavy atom. The molecule has 0 aliphatic carbocycles. The number of aromatic nitrogens is 2. The van der Waals surface area contributed by atoms with Crippen molar-refractivity contribution in [2.75, 3.05) is 56.1 Å². The van der Waals surface area contributed by atoms with Crippen LogP contribution in [0.2, 0.25) is 5.02 Å². The molecule has 9 heteroatoms. The number of piperidine rings is 1. The number of carbonyl (C=O) groups excluding carboxylic acids is 1. The van der Waals surface area contributed by atoms with Gasteiger partial charge in [-0.25, -0.2) is 14.4 Å². The molecule has 1 aromatic heterocycles. The van der Waals surface area contributed by atoms with Gasteiger partial charge < -0.3 is 20.0 Å². The number of piperazine rings is 1. The normalized spacial score (nSPS) is 18.3. The van der Waals surface area contributed by atoms with E-state index in [9.17, 15) is 9.18 Å². The largest absolute Gasteiger partial charge is 0.367 e. The van der Waals surface area contributed by atoms with Gasteiger partial charge in [0.05, 0.1) is 16.9 Å². The highest BCUT2D eigenvalue weighted by Crippen LogP contribution is 2.30. The number of anilines is 2. The number of hydrogen-bond acceptors (Lipinski definition) is 6. The Morgan fingerprint density at radius 3 is 2.61 bits per heavy atom. The second-order valence-electron chi connectivity index (χ2n) is 8.25. The average Bonchev–Trinajstić information content (AvgIpc) is 2.80. The summed E-state index contributed by atoms with van der Waals surface area (Å²) in [5.41, 5.74) is 1.84. The lowest BCUT2D eigenvalue weighted by atomic mass is 9.95. The second-order valence-corrected chi connectivity index (χ2v) is 8.66. The Hall–Kier alpha value is -2.45. The molecule has 0 atom stereocenters. The van der Waals surface area contributed by atoms with Crippen LogP contribution in [0.5, 0.6) is 0 Å². The molecule has 2 fully saturated rings. The molecule has 3 heterocycles. The third-order valence-corrected chi connectivity index (χ3v) is 6.42. The van der Waals surface area contributed by atoms with Crippen molar-refractivity contribution >= 4 is 29.0 Å². The number of halogens is 2. The summed E-state index contributed by atoms with van der Waals surface area (Å²) < 4.78 is 13.3. The van der Waals surface area contributed by atoms with Gasteiger partial charge in [0, 0.05) is 51.7 Å². The minimum atomic E-state index is -0.454. The van der Waals surface area contributed by atoms with Gasteiger partial charge in [-0.15, -0.1) is 0 Å². The van der Waals surface area contributed by atoms with Crippen molar-refractivity contribution in [1.82, 2.24) is 20.2 Å². The first-order valence-electron chi connectivity index (χ1n) is 10.7. The molecule has 0 saturated carbocycles. The van der Waals surface area contributed by atoms with E-state index in [4.69, 9.17) is 11.6 Å². The molecule has 2 aliphatic heterocycles. The fourth-order valence-electron chi connectivity index (χ4n) is 4.17. The quantitative estimate of drug-likeness (QED) is 0.761. The lowest BCUT2D eigenvalue weighted by Crippen LogP contribution is -2.46. The Morgan fingerprint density at radius 2 is 1.90 bits per heavy atom. The highest BCUT2D eigenvalue weighted by atomic mass is 35.5. The van der Waals surface area contributed by atoms with Gasteiger partial charge in [0.1, 0.15) is 12.1 Å². The van der Waals surface area contributed by atoms with Crippen molar-refractivity contribution in [2.45, 2.75) is 19.4 Å². The van der Waals surface area contributed by atoms with Gasteiger partial charge in [-0.3, -0.25) is 4.79 Å². The number of carbonyl (C=O) groups is 1. The summed E-state index contributed by atoms with van der Waals surface area (Å²) in [6.45, 7) is 5.86. The molecule has 1 aromatic carbocycles. The van der Waals surface area contributed by atoms with Gasteiger partial charge in [-0.2, -0.15) is 0 Å². The molecule has 31 heavy (non-hydrogen) atoms. The van der Waals surface area contributed by atoms with Crippen molar-refractivity contribution in [2.24, 2.45) is 5.92 Å². The number of likely N-dealkylation sites (N-methyl/N-ethyl adjacent to an activating group) is 1. The summed E-state index contributed by atoms with van der Waals surface area (Å²) in [5, 5.41) is 3.03. The molecule has 2 aliphatic rings. The third-order valence-electron chi connectivity index (χ3n) is 6.13. The Balaban J connectivity index is 1.32. The predicted octanol–water partition coefficient (Wildman–Crippen LogP) is 2.55. The van der Waals surface area contributed by atoms with E-state index in [-0.39, 0.29) is 16.8 Å². The Bertz CT molecular complexity index is 913. The van der Waals surface area contributed by atoms with Crippen molar-refractivity contribution in [3.8, 4) is 0 Å². The zero-order valence-corrected chi connectivity index (χ0v) is 18.5. The molecule has 2 aromatic rings. The van der Waals surface area contributed by atoms with E-state index >= 15 is 0 Å². The number of nitrogens with one attached hydrogen (secondary N) is 1. The maximum absolute atomic E-state index is 13.3. The number of nitrogens with zero attached hydrogens (tertiary/aromatic N) is 5. The minimum absolute atomic E-state index is 0.0312. The summed E-state index contributed by atoms with van der Waals surface area (Å²) in [5.74, 6) is 0.525. The lowest BCUT2D eigenvalue weighted by molar-refractivity contribution is -0.125. The molecule has 4 rings (SSSR count). The van der Waals surface area contributed by atoms with Crippen LogP contribution in [0.1, 0.15) is 18.4 Å². The van der Waals surface area contributed by atoms with E-state index in [0.29, 0.717) is 6.54 Å². The molecule has 0 unspecified atom stereocenters. The van der Waals surface area contributed by atoms with Gasteiger partial charge in [0.25, 0.3) is 0 Å². The average molecular weight is 447 g/mol. The van der Waals surface area contributed by atoms with Crippen molar-refractivity contribution in [1.29, 1.82) is 0 Å². The number of rotatable bonds is 5. The van der Waals surface area contributed by atoms with Crippen LogP contribution in [0.4, 0.5) is 15.9 Å². The third kappa shape index (κ3) is 5.25. The molecule has 166 valence electrons. The van der Waals surface area contributed by atoms with Crippen LogP contribution in [0.25, 0.3) is 0 Å². The van der Waals surface area contributed by atoms with Crippen molar-refractivity contribution in [3.63, 3.8) is 0 Å². The standard InChI is InChI=1S/C22H28ClFN6O/c1-28-8-10-30(11-9-28)21-20(14-25-15-27-21)29-6-4-17(5-7-29)22(31)26-13-16-2-3-19(24)18(23)12-16/h2-3,12,14-15,17H,4-11,13H2,1H3,(H,26,31). The van der Waals surface area contributed by atoms with Crippen LogP contribution in [0.3, 0.4) is 0 Å². The maximum Gasteiger partial charge on any atom is 0.223 e. The van der Waals surface area contributed by atoms with Crippen LogP contribution in [0, 0.1) is 11.7 Å². The summed E-state index contributed by atoms with van der Waals surface area (Å²) in [4.78, 5) is 28.4. The van der Waals surface area contributed by atoms with E-state index in [0.717, 1.165) is 69.2 Å². The zero-order valence-electron chi connectivity index (χ0n) is 17.7. The SMILES string of the molecule is CN1CCN(c2ncncc2N2CCC(C(=O)NCc3ccc(F)c(Cl)c3)CC2)CC1. The first-order chi connectivity index (χ1) is 15.0. The number of amides is 1. The summed E-state index contributed by atoms with van der Waals surface area (Å²) in [6, 6.07) is 4.51. The van der Waals surface area contributed by atoms with E-state index in [1.165, 1.54) is 6.07 Å². The molecule has 2 saturated heterocycles. The molecular formula is C22H28ClFN6O. The second kappa shape index (κ2) is 9.78. The van der Waals surface area contributed by atoms with E-state index in [2.05, 4.69) is 37.0 Å².